The second kappa shape index (κ2) is 2.70. The lowest BCUT2D eigenvalue weighted by Gasteiger charge is -2.28. The average molecular weight is 129 g/mol. The largest absolute Gasteiger partial charge is 0.229 e. The molecular formula is C8H17O. The summed E-state index contributed by atoms with van der Waals surface area (Å²) in [6.07, 6.45) is 0. The van der Waals surface area contributed by atoms with Gasteiger partial charge in [-0.2, -0.15) is 0 Å². The molecule has 0 unspecified atom stereocenters. The molecule has 0 fully saturated rings. The van der Waals surface area contributed by atoms with Gasteiger partial charge in [-0.25, -0.2) is 5.11 Å². The SMILES string of the molecule is CC(C)C(C)([O])C(C)C. The van der Waals surface area contributed by atoms with Crippen LogP contribution in [0.2, 0.25) is 0 Å². The number of rotatable bonds is 2. The lowest BCUT2D eigenvalue weighted by atomic mass is 9.82. The maximum atomic E-state index is 11.5. The van der Waals surface area contributed by atoms with Gasteiger partial charge in [-0.15, -0.1) is 0 Å². The molecule has 9 heavy (non-hydrogen) atoms. The molecule has 0 heterocycles. The molecule has 0 N–H and O–H groups in total. The summed E-state index contributed by atoms with van der Waals surface area (Å²) in [7, 11) is 0. The summed E-state index contributed by atoms with van der Waals surface area (Å²) >= 11 is 0. The number of hydrogen-bond donors (Lipinski definition) is 0. The highest BCUT2D eigenvalue weighted by Gasteiger charge is 2.30. The van der Waals surface area contributed by atoms with Crippen LogP contribution in [0.4, 0.5) is 0 Å². The summed E-state index contributed by atoms with van der Waals surface area (Å²) in [4.78, 5) is 0. The Morgan fingerprint density at radius 3 is 1.22 bits per heavy atom. The van der Waals surface area contributed by atoms with E-state index in [1.807, 2.05) is 27.7 Å². The van der Waals surface area contributed by atoms with Crippen molar-refractivity contribution in [2.75, 3.05) is 0 Å². The molecule has 0 rings (SSSR count). The Labute approximate surface area is 58.1 Å². The molecule has 1 radical (unpaired) electrons. The Bertz CT molecular complexity index is 72.6. The van der Waals surface area contributed by atoms with Crippen LogP contribution in [0.25, 0.3) is 0 Å². The van der Waals surface area contributed by atoms with Crippen LogP contribution in [0, 0.1) is 11.8 Å². The van der Waals surface area contributed by atoms with Gasteiger partial charge in [-0.3, -0.25) is 0 Å². The smallest absolute Gasteiger partial charge is 0.105 e. The highest BCUT2D eigenvalue weighted by atomic mass is 16.3. The molecule has 0 aliphatic carbocycles. The molecular weight excluding hydrogens is 112 g/mol. The van der Waals surface area contributed by atoms with E-state index in [4.69, 9.17) is 0 Å². The Balaban J connectivity index is 4.01. The minimum atomic E-state index is -0.750. The van der Waals surface area contributed by atoms with Crippen molar-refractivity contribution in [1.29, 1.82) is 0 Å². The molecule has 1 heteroatoms. The van der Waals surface area contributed by atoms with E-state index in [2.05, 4.69) is 0 Å². The van der Waals surface area contributed by atoms with Crippen LogP contribution in [0.15, 0.2) is 0 Å². The fourth-order valence-electron chi connectivity index (χ4n) is 0.667. The Morgan fingerprint density at radius 1 is 1.00 bits per heavy atom. The summed E-state index contributed by atoms with van der Waals surface area (Å²) in [5.74, 6) is 0.468. The molecule has 0 amide bonds. The molecule has 0 atom stereocenters. The molecule has 1 nitrogen and oxygen atoms in total. The molecule has 0 spiro atoms. The summed E-state index contributed by atoms with van der Waals surface area (Å²) in [6.45, 7) is 9.70. The number of hydrogen-bond acceptors (Lipinski definition) is 0. The molecule has 0 saturated carbocycles. The molecule has 0 aromatic rings. The second-order valence-corrected chi connectivity index (χ2v) is 3.49. The van der Waals surface area contributed by atoms with E-state index in [1.54, 1.807) is 6.92 Å². The highest BCUT2D eigenvalue weighted by Crippen LogP contribution is 2.25. The third-order valence-corrected chi connectivity index (χ3v) is 2.29. The first-order valence-electron chi connectivity index (χ1n) is 3.59. The van der Waals surface area contributed by atoms with Gasteiger partial charge < -0.3 is 0 Å². The fraction of sp³-hybridized carbons (Fsp3) is 1.00. The van der Waals surface area contributed by atoms with Crippen molar-refractivity contribution in [3.8, 4) is 0 Å². The molecule has 0 aromatic heterocycles. The van der Waals surface area contributed by atoms with Gasteiger partial charge in [0.25, 0.3) is 0 Å². The van der Waals surface area contributed by atoms with Gasteiger partial charge in [-0.1, -0.05) is 27.7 Å². The third kappa shape index (κ3) is 1.98. The van der Waals surface area contributed by atoms with Crippen LogP contribution in [0.5, 0.6) is 0 Å². The summed E-state index contributed by atoms with van der Waals surface area (Å²) < 4.78 is 0. The first-order valence-corrected chi connectivity index (χ1v) is 3.59. The van der Waals surface area contributed by atoms with Crippen LogP contribution in [0.1, 0.15) is 34.6 Å². The van der Waals surface area contributed by atoms with Crippen LogP contribution < -0.4 is 0 Å². The third-order valence-electron chi connectivity index (χ3n) is 2.29. The summed E-state index contributed by atoms with van der Waals surface area (Å²) in [5.41, 5.74) is -0.750. The van der Waals surface area contributed by atoms with E-state index >= 15 is 0 Å². The van der Waals surface area contributed by atoms with Crippen molar-refractivity contribution in [1.82, 2.24) is 0 Å². The molecule has 0 aliphatic heterocycles. The highest BCUT2D eigenvalue weighted by molar-refractivity contribution is 4.78. The molecule has 55 valence electrons. The average Bonchev–Trinajstić information content (AvgIpc) is 1.65. The normalized spacial score (nSPS) is 13.3. The van der Waals surface area contributed by atoms with Crippen LogP contribution in [-0.2, 0) is 5.11 Å². The van der Waals surface area contributed by atoms with Gasteiger partial charge in [0.15, 0.2) is 0 Å². The van der Waals surface area contributed by atoms with Crippen LogP contribution >= 0.6 is 0 Å². The molecule has 0 aromatic carbocycles. The fourth-order valence-corrected chi connectivity index (χ4v) is 0.667. The zero-order valence-corrected chi connectivity index (χ0v) is 7.06. The van der Waals surface area contributed by atoms with Crippen molar-refractivity contribution < 1.29 is 5.11 Å². The van der Waals surface area contributed by atoms with Crippen molar-refractivity contribution >= 4 is 0 Å². The second-order valence-electron chi connectivity index (χ2n) is 3.49. The van der Waals surface area contributed by atoms with E-state index in [1.165, 1.54) is 0 Å². The first-order chi connectivity index (χ1) is 3.89. The van der Waals surface area contributed by atoms with Crippen molar-refractivity contribution in [2.24, 2.45) is 11.8 Å². The molecule has 0 saturated heterocycles. The van der Waals surface area contributed by atoms with Gasteiger partial charge in [0.05, 0.1) is 0 Å². The first kappa shape index (κ1) is 8.96. The summed E-state index contributed by atoms with van der Waals surface area (Å²) in [6, 6.07) is 0. The van der Waals surface area contributed by atoms with E-state index < -0.39 is 5.60 Å². The van der Waals surface area contributed by atoms with Crippen molar-refractivity contribution in [3.05, 3.63) is 0 Å². The topological polar surface area (TPSA) is 19.9 Å². The molecule has 0 aliphatic rings. The Kier molecular flexibility index (Phi) is 2.68. The van der Waals surface area contributed by atoms with Crippen LogP contribution in [-0.4, -0.2) is 5.60 Å². The standard InChI is InChI=1S/C8H17O/c1-6(2)8(5,9)7(3)4/h6-7H,1-5H3. The zero-order chi connectivity index (χ0) is 7.65. The molecule has 0 bridgehead atoms. The van der Waals surface area contributed by atoms with Crippen molar-refractivity contribution in [2.45, 2.75) is 40.2 Å². The monoisotopic (exact) mass is 129 g/mol. The van der Waals surface area contributed by atoms with Crippen LogP contribution in [0.3, 0.4) is 0 Å². The Hall–Kier alpha value is -0.0400. The zero-order valence-electron chi connectivity index (χ0n) is 7.06. The van der Waals surface area contributed by atoms with Gasteiger partial charge in [0, 0.05) is 0 Å². The predicted octanol–water partition coefficient (Wildman–Crippen LogP) is 2.49. The maximum absolute atomic E-state index is 11.5. The van der Waals surface area contributed by atoms with E-state index in [-0.39, 0.29) is 11.8 Å². The van der Waals surface area contributed by atoms with Gasteiger partial charge in [-0.05, 0) is 18.8 Å². The quantitative estimate of drug-likeness (QED) is 0.546. The van der Waals surface area contributed by atoms with Gasteiger partial charge >= 0.3 is 0 Å². The minimum absolute atomic E-state index is 0.234. The maximum Gasteiger partial charge on any atom is 0.105 e. The minimum Gasteiger partial charge on any atom is -0.229 e. The predicted molar refractivity (Wildman–Crippen MR) is 38.8 cm³/mol. The van der Waals surface area contributed by atoms with Gasteiger partial charge in [0.2, 0.25) is 0 Å². The Morgan fingerprint density at radius 2 is 1.22 bits per heavy atom. The van der Waals surface area contributed by atoms with E-state index in [0.29, 0.717) is 0 Å². The van der Waals surface area contributed by atoms with E-state index in [9.17, 15) is 5.11 Å². The lowest BCUT2D eigenvalue weighted by Crippen LogP contribution is -2.35. The van der Waals surface area contributed by atoms with Crippen molar-refractivity contribution in [3.63, 3.8) is 0 Å². The summed E-state index contributed by atoms with van der Waals surface area (Å²) in [5, 5.41) is 11.5. The van der Waals surface area contributed by atoms with Gasteiger partial charge in [0.1, 0.15) is 5.60 Å². The van der Waals surface area contributed by atoms with E-state index in [0.717, 1.165) is 0 Å². The lowest BCUT2D eigenvalue weighted by molar-refractivity contribution is -0.0874.